The Morgan fingerprint density at radius 3 is 1.52 bits per heavy atom. The summed E-state index contributed by atoms with van der Waals surface area (Å²) in [6.07, 6.45) is 1.96. The van der Waals surface area contributed by atoms with Gasteiger partial charge in [0.2, 0.25) is 0 Å². The van der Waals surface area contributed by atoms with Gasteiger partial charge in [-0.1, -0.05) is 92.7 Å². The molecule has 0 unspecified atom stereocenters. The maximum atomic E-state index is 13.2. The Morgan fingerprint density at radius 2 is 1.11 bits per heavy atom. The van der Waals surface area contributed by atoms with Gasteiger partial charge in [-0.05, 0) is 40.7 Å². The van der Waals surface area contributed by atoms with Crippen LogP contribution < -0.4 is 0 Å². The molecule has 0 aromatic heterocycles. The first kappa shape index (κ1) is 19.3. The van der Waals surface area contributed by atoms with Gasteiger partial charge in [-0.15, -0.1) is 0 Å². The third-order valence-electron chi connectivity index (χ3n) is 5.11. The topological polar surface area (TPSA) is 9.23 Å². The van der Waals surface area contributed by atoms with Crippen molar-refractivity contribution in [2.45, 2.75) is 32.3 Å². The molecule has 3 aromatic rings. The average Bonchev–Trinajstić information content (AvgIpc) is 2.76. The molecule has 3 rings (SSSR count). The lowest BCUT2D eigenvalue weighted by Crippen LogP contribution is -2.33. The number of halogens is 1. The molecule has 2 heteroatoms. The number of rotatable bonds is 8. The Morgan fingerprint density at radius 1 is 0.667 bits per heavy atom. The summed E-state index contributed by atoms with van der Waals surface area (Å²) in [6.45, 7) is 3.81. The van der Waals surface area contributed by atoms with Gasteiger partial charge >= 0.3 is 0 Å². The second-order valence-electron chi connectivity index (χ2n) is 6.69. The Hall–Kier alpha value is -2.45. The molecule has 0 N–H and O–H groups in total. The zero-order valence-corrected chi connectivity index (χ0v) is 16.1. The first-order chi connectivity index (χ1) is 13.2. The van der Waals surface area contributed by atoms with Crippen molar-refractivity contribution in [1.82, 2.24) is 0 Å². The number of benzene rings is 3. The van der Waals surface area contributed by atoms with Crippen LogP contribution in [0.5, 0.6) is 0 Å². The van der Waals surface area contributed by atoms with Crippen molar-refractivity contribution >= 4 is 0 Å². The Bertz CT molecular complexity index is 775. The molecule has 27 heavy (non-hydrogen) atoms. The van der Waals surface area contributed by atoms with E-state index in [0.29, 0.717) is 0 Å². The molecule has 0 radical (unpaired) electrons. The number of alkyl halides is 1. The van der Waals surface area contributed by atoms with E-state index in [2.05, 4.69) is 74.5 Å². The number of ether oxygens (including phenoxy) is 1. The van der Waals surface area contributed by atoms with Crippen LogP contribution in [0.25, 0.3) is 0 Å². The molecule has 0 aliphatic carbocycles. The van der Waals surface area contributed by atoms with Crippen LogP contribution in [0.2, 0.25) is 0 Å². The van der Waals surface area contributed by atoms with Gasteiger partial charge in [0.1, 0.15) is 12.3 Å². The van der Waals surface area contributed by atoms with Gasteiger partial charge in [0.25, 0.3) is 0 Å². The van der Waals surface area contributed by atoms with Gasteiger partial charge in [0, 0.05) is 0 Å². The van der Waals surface area contributed by atoms with Gasteiger partial charge < -0.3 is 4.74 Å². The molecular weight excluding hydrogens is 335 g/mol. The fraction of sp³-hybridized carbons (Fsp3) is 0.280. The smallest absolute Gasteiger partial charge is 0.143 e. The largest absolute Gasteiger partial charge is 0.358 e. The molecule has 0 bridgehead atoms. The molecule has 0 aliphatic rings. The quantitative estimate of drug-likeness (QED) is 0.441. The summed E-state index contributed by atoms with van der Waals surface area (Å²) in [6, 6.07) is 27.1. The summed E-state index contributed by atoms with van der Waals surface area (Å²) in [5.41, 5.74) is 4.76. The predicted octanol–water partition coefficient (Wildman–Crippen LogP) is 6.09. The number of aryl methyl sites for hydroxylation is 2. The lowest BCUT2D eigenvalue weighted by atomic mass is 9.79. The van der Waals surface area contributed by atoms with Gasteiger partial charge in [-0.2, -0.15) is 0 Å². The Balaban J connectivity index is 2.22. The molecule has 0 saturated heterocycles. The molecular formula is C25H27FO. The van der Waals surface area contributed by atoms with E-state index in [9.17, 15) is 4.39 Å². The fourth-order valence-electron chi connectivity index (χ4n) is 3.56. The van der Waals surface area contributed by atoms with Crippen LogP contribution in [0.3, 0.4) is 0 Å². The van der Waals surface area contributed by atoms with Crippen molar-refractivity contribution in [3.8, 4) is 0 Å². The highest BCUT2D eigenvalue weighted by Gasteiger charge is 2.37. The summed E-state index contributed by atoms with van der Waals surface area (Å²) in [5.74, 6) is 0. The summed E-state index contributed by atoms with van der Waals surface area (Å²) in [7, 11) is 0. The Kier molecular flexibility index (Phi) is 6.41. The van der Waals surface area contributed by atoms with E-state index in [0.717, 1.165) is 29.5 Å². The second kappa shape index (κ2) is 8.96. The van der Waals surface area contributed by atoms with Crippen molar-refractivity contribution < 1.29 is 9.13 Å². The molecule has 0 aliphatic heterocycles. The SMILES string of the molecule is CCc1ccc(C(OCCF)(c2ccccc2)c2ccc(CC)cc2)cc1. The molecule has 1 nitrogen and oxygen atoms in total. The normalized spacial score (nSPS) is 11.5. The van der Waals surface area contributed by atoms with Crippen LogP contribution in [-0.4, -0.2) is 13.3 Å². The van der Waals surface area contributed by atoms with Crippen LogP contribution in [-0.2, 0) is 23.2 Å². The summed E-state index contributed by atoms with van der Waals surface area (Å²) < 4.78 is 19.5. The highest BCUT2D eigenvalue weighted by Crippen LogP contribution is 2.40. The molecule has 0 atom stereocenters. The molecule has 0 amide bonds. The lowest BCUT2D eigenvalue weighted by Gasteiger charge is -2.36. The van der Waals surface area contributed by atoms with E-state index in [4.69, 9.17) is 4.74 Å². The third-order valence-corrected chi connectivity index (χ3v) is 5.11. The van der Waals surface area contributed by atoms with Crippen molar-refractivity contribution in [1.29, 1.82) is 0 Å². The van der Waals surface area contributed by atoms with Gasteiger partial charge in [-0.25, -0.2) is 4.39 Å². The number of hydrogen-bond donors (Lipinski definition) is 0. The summed E-state index contributed by atoms with van der Waals surface area (Å²) in [5, 5.41) is 0. The number of hydrogen-bond acceptors (Lipinski definition) is 1. The third kappa shape index (κ3) is 3.96. The van der Waals surface area contributed by atoms with Gasteiger partial charge in [0.15, 0.2) is 0 Å². The minimum atomic E-state index is -0.827. The Labute approximate surface area is 161 Å². The first-order valence-electron chi connectivity index (χ1n) is 9.68. The zero-order chi connectivity index (χ0) is 19.1. The summed E-state index contributed by atoms with van der Waals surface area (Å²) in [4.78, 5) is 0. The van der Waals surface area contributed by atoms with E-state index in [1.54, 1.807) is 0 Å². The zero-order valence-electron chi connectivity index (χ0n) is 16.1. The highest BCUT2D eigenvalue weighted by atomic mass is 19.1. The van der Waals surface area contributed by atoms with Crippen molar-refractivity contribution in [3.63, 3.8) is 0 Å². The molecule has 0 heterocycles. The van der Waals surface area contributed by atoms with Crippen LogP contribution in [0, 0.1) is 0 Å². The van der Waals surface area contributed by atoms with Gasteiger partial charge in [0.05, 0.1) is 6.61 Å². The van der Waals surface area contributed by atoms with Crippen LogP contribution in [0.4, 0.5) is 4.39 Å². The predicted molar refractivity (Wildman–Crippen MR) is 110 cm³/mol. The second-order valence-corrected chi connectivity index (χ2v) is 6.69. The standard InChI is InChI=1S/C25H27FO/c1-3-20-10-14-23(15-11-20)25(27-19-18-26,22-8-6-5-7-9-22)24-16-12-21(4-2)13-17-24/h5-17H,3-4,18-19H2,1-2H3. The molecule has 0 spiro atoms. The molecule has 140 valence electrons. The first-order valence-corrected chi connectivity index (χ1v) is 9.68. The maximum absolute atomic E-state index is 13.2. The van der Waals surface area contributed by atoms with E-state index >= 15 is 0 Å². The molecule has 0 fully saturated rings. The lowest BCUT2D eigenvalue weighted by molar-refractivity contribution is 0.00578. The minimum Gasteiger partial charge on any atom is -0.358 e. The van der Waals surface area contributed by atoms with E-state index in [-0.39, 0.29) is 6.61 Å². The van der Waals surface area contributed by atoms with Crippen molar-refractivity contribution in [2.75, 3.05) is 13.3 Å². The van der Waals surface area contributed by atoms with E-state index in [1.165, 1.54) is 11.1 Å². The average molecular weight is 362 g/mol. The van der Waals surface area contributed by atoms with E-state index < -0.39 is 12.3 Å². The monoisotopic (exact) mass is 362 g/mol. The van der Waals surface area contributed by atoms with Gasteiger partial charge in [-0.3, -0.25) is 0 Å². The fourth-order valence-corrected chi connectivity index (χ4v) is 3.56. The van der Waals surface area contributed by atoms with Crippen LogP contribution in [0.15, 0.2) is 78.9 Å². The minimum absolute atomic E-state index is 0.0416. The van der Waals surface area contributed by atoms with E-state index in [1.807, 2.05) is 18.2 Å². The van der Waals surface area contributed by atoms with Crippen LogP contribution in [0.1, 0.15) is 41.7 Å². The highest BCUT2D eigenvalue weighted by molar-refractivity contribution is 5.48. The van der Waals surface area contributed by atoms with Crippen molar-refractivity contribution in [3.05, 3.63) is 107 Å². The summed E-state index contributed by atoms with van der Waals surface area (Å²) >= 11 is 0. The van der Waals surface area contributed by atoms with Crippen molar-refractivity contribution in [2.24, 2.45) is 0 Å². The molecule has 3 aromatic carbocycles. The maximum Gasteiger partial charge on any atom is 0.143 e. The van der Waals surface area contributed by atoms with Crippen LogP contribution >= 0.6 is 0 Å². The molecule has 0 saturated carbocycles.